The second-order valence-electron chi connectivity index (χ2n) is 5.33. The van der Waals surface area contributed by atoms with Crippen molar-refractivity contribution in [3.63, 3.8) is 0 Å². The number of rotatable bonds is 6. The summed E-state index contributed by atoms with van der Waals surface area (Å²) in [4.78, 5) is 0. The first-order chi connectivity index (χ1) is 11.2. The number of aromatic nitrogens is 4. The first-order valence-corrected chi connectivity index (χ1v) is 8.39. The number of nitrogens with zero attached hydrogens (tertiary/aromatic N) is 4. The van der Waals surface area contributed by atoms with Crippen LogP contribution in [0.4, 0.5) is 0 Å². The molecule has 0 aliphatic carbocycles. The molecule has 2 heterocycles. The number of hydrogen-bond acceptors (Lipinski definition) is 6. The van der Waals surface area contributed by atoms with Crippen molar-refractivity contribution in [3.05, 3.63) is 47.5 Å². The Balaban J connectivity index is 0.00000208. The molecule has 0 saturated heterocycles. The van der Waals surface area contributed by atoms with Crippen LogP contribution in [0.5, 0.6) is 0 Å². The lowest BCUT2D eigenvalue weighted by Gasteiger charge is -2.01. The minimum Gasteiger partial charge on any atom is -0.360 e. The highest BCUT2D eigenvalue weighted by Crippen LogP contribution is 2.25. The lowest BCUT2D eigenvalue weighted by Crippen LogP contribution is -2.08. The van der Waals surface area contributed by atoms with Gasteiger partial charge in [-0.1, -0.05) is 46.7 Å². The first kappa shape index (κ1) is 18.5. The van der Waals surface area contributed by atoms with Crippen LogP contribution in [0.1, 0.15) is 17.1 Å². The summed E-state index contributed by atoms with van der Waals surface area (Å²) in [5.74, 6) is 2.37. The molecule has 0 amide bonds. The molecule has 0 radical (unpaired) electrons. The Labute approximate surface area is 151 Å². The van der Waals surface area contributed by atoms with Crippen molar-refractivity contribution in [1.82, 2.24) is 19.9 Å². The first-order valence-electron chi connectivity index (χ1n) is 7.41. The molecule has 24 heavy (non-hydrogen) atoms. The van der Waals surface area contributed by atoms with Crippen molar-refractivity contribution in [3.8, 4) is 11.3 Å². The molecule has 0 aliphatic rings. The molecule has 0 atom stereocenters. The van der Waals surface area contributed by atoms with Gasteiger partial charge in [0.05, 0.1) is 5.75 Å². The standard InChI is InChI=1S/C16H19N5OS.ClH/c1-11-3-5-12(6-4-11)14-9-13(22-20-14)10-23-16-19-18-15(7-8-17)21(16)2;/h3-6,9H,7-8,10,17H2,1-2H3;1H. The van der Waals surface area contributed by atoms with Crippen molar-refractivity contribution >= 4 is 24.2 Å². The third-order valence-electron chi connectivity index (χ3n) is 3.54. The molecule has 1 aromatic carbocycles. The Morgan fingerprint density at radius 1 is 1.21 bits per heavy atom. The highest BCUT2D eigenvalue weighted by atomic mass is 35.5. The quantitative estimate of drug-likeness (QED) is 0.676. The Morgan fingerprint density at radius 3 is 2.67 bits per heavy atom. The monoisotopic (exact) mass is 365 g/mol. The lowest BCUT2D eigenvalue weighted by molar-refractivity contribution is 0.397. The Kier molecular flexibility index (Phi) is 6.42. The topological polar surface area (TPSA) is 82.8 Å². The summed E-state index contributed by atoms with van der Waals surface area (Å²) in [6.07, 6.45) is 0.726. The fourth-order valence-electron chi connectivity index (χ4n) is 2.19. The molecule has 0 spiro atoms. The normalized spacial score (nSPS) is 10.6. The second kappa shape index (κ2) is 8.32. The molecule has 128 valence electrons. The largest absolute Gasteiger partial charge is 0.360 e. The predicted octanol–water partition coefficient (Wildman–Crippen LogP) is 2.99. The number of halogens is 1. The van der Waals surface area contributed by atoms with Crippen molar-refractivity contribution < 1.29 is 4.52 Å². The van der Waals surface area contributed by atoms with Crippen LogP contribution in [0, 0.1) is 6.92 Å². The molecule has 3 rings (SSSR count). The van der Waals surface area contributed by atoms with Crippen molar-refractivity contribution in [2.45, 2.75) is 24.3 Å². The maximum atomic E-state index is 5.56. The average Bonchev–Trinajstić information content (AvgIpc) is 3.15. The van der Waals surface area contributed by atoms with E-state index < -0.39 is 0 Å². The van der Waals surface area contributed by atoms with Crippen molar-refractivity contribution in [2.75, 3.05) is 6.54 Å². The van der Waals surface area contributed by atoms with Gasteiger partial charge in [-0.2, -0.15) is 0 Å². The maximum absolute atomic E-state index is 5.56. The summed E-state index contributed by atoms with van der Waals surface area (Å²) in [6, 6.07) is 10.2. The van der Waals surface area contributed by atoms with Gasteiger partial charge in [-0.25, -0.2) is 0 Å². The van der Waals surface area contributed by atoms with Gasteiger partial charge >= 0.3 is 0 Å². The van der Waals surface area contributed by atoms with Crippen molar-refractivity contribution in [1.29, 1.82) is 0 Å². The molecular formula is C16H20ClN5OS. The number of aryl methyl sites for hydroxylation is 1. The van der Waals surface area contributed by atoms with Gasteiger partial charge in [0.25, 0.3) is 0 Å². The summed E-state index contributed by atoms with van der Waals surface area (Å²) in [5.41, 5.74) is 8.69. The van der Waals surface area contributed by atoms with Crippen LogP contribution in [-0.4, -0.2) is 26.5 Å². The van der Waals surface area contributed by atoms with Gasteiger partial charge in [-0.3, -0.25) is 0 Å². The molecule has 0 unspecified atom stereocenters. The van der Waals surface area contributed by atoms with Crippen LogP contribution < -0.4 is 5.73 Å². The SMILES string of the molecule is Cc1ccc(-c2cc(CSc3nnc(CCN)n3C)on2)cc1.Cl. The summed E-state index contributed by atoms with van der Waals surface area (Å²) in [6.45, 7) is 2.63. The van der Waals surface area contributed by atoms with E-state index in [1.165, 1.54) is 5.56 Å². The molecule has 6 nitrogen and oxygen atoms in total. The van der Waals surface area contributed by atoms with Crippen LogP contribution in [-0.2, 0) is 19.2 Å². The van der Waals surface area contributed by atoms with Crippen LogP contribution in [0.2, 0.25) is 0 Å². The van der Waals surface area contributed by atoms with E-state index in [0.29, 0.717) is 12.3 Å². The van der Waals surface area contributed by atoms with E-state index in [4.69, 9.17) is 10.3 Å². The zero-order valence-electron chi connectivity index (χ0n) is 13.6. The maximum Gasteiger partial charge on any atom is 0.191 e. The molecule has 3 aromatic rings. The highest BCUT2D eigenvalue weighted by Gasteiger charge is 2.11. The average molecular weight is 366 g/mol. The number of nitrogens with two attached hydrogens (primary N) is 1. The highest BCUT2D eigenvalue weighted by molar-refractivity contribution is 7.98. The lowest BCUT2D eigenvalue weighted by atomic mass is 10.1. The second-order valence-corrected chi connectivity index (χ2v) is 6.27. The zero-order chi connectivity index (χ0) is 16.2. The summed E-state index contributed by atoms with van der Waals surface area (Å²) in [5, 5.41) is 13.3. The van der Waals surface area contributed by atoms with Crippen LogP contribution in [0.15, 0.2) is 40.0 Å². The Bertz CT molecular complexity index is 784. The predicted molar refractivity (Wildman–Crippen MR) is 97.2 cm³/mol. The number of benzene rings is 1. The minimum atomic E-state index is 0. The van der Waals surface area contributed by atoms with Gasteiger partial charge in [0.1, 0.15) is 17.3 Å². The van der Waals surface area contributed by atoms with Gasteiger partial charge in [0.15, 0.2) is 5.16 Å². The van der Waals surface area contributed by atoms with E-state index in [1.54, 1.807) is 11.8 Å². The van der Waals surface area contributed by atoms with Crippen LogP contribution >= 0.6 is 24.2 Å². The number of thioether (sulfide) groups is 1. The zero-order valence-corrected chi connectivity index (χ0v) is 15.2. The smallest absolute Gasteiger partial charge is 0.191 e. The van der Waals surface area contributed by atoms with E-state index >= 15 is 0 Å². The van der Waals surface area contributed by atoms with E-state index in [1.807, 2.05) is 29.8 Å². The summed E-state index contributed by atoms with van der Waals surface area (Å²) in [7, 11) is 1.95. The third-order valence-corrected chi connectivity index (χ3v) is 4.59. The summed E-state index contributed by atoms with van der Waals surface area (Å²) >= 11 is 1.57. The van der Waals surface area contributed by atoms with E-state index in [9.17, 15) is 0 Å². The van der Waals surface area contributed by atoms with Gasteiger partial charge in [-0.15, -0.1) is 22.6 Å². The van der Waals surface area contributed by atoms with E-state index in [-0.39, 0.29) is 12.4 Å². The molecule has 2 N–H and O–H groups in total. The molecule has 0 bridgehead atoms. The fraction of sp³-hybridized carbons (Fsp3) is 0.312. The molecule has 2 aromatic heterocycles. The van der Waals surface area contributed by atoms with Crippen molar-refractivity contribution in [2.24, 2.45) is 12.8 Å². The van der Waals surface area contributed by atoms with Crippen LogP contribution in [0.3, 0.4) is 0 Å². The van der Waals surface area contributed by atoms with Gasteiger partial charge in [0, 0.05) is 25.1 Å². The van der Waals surface area contributed by atoms with Gasteiger partial charge in [0.2, 0.25) is 0 Å². The van der Waals surface area contributed by atoms with Gasteiger partial charge < -0.3 is 14.8 Å². The third kappa shape index (κ3) is 4.17. The Morgan fingerprint density at radius 2 is 1.96 bits per heavy atom. The number of hydrogen-bond donors (Lipinski definition) is 1. The molecule has 0 aliphatic heterocycles. The van der Waals surface area contributed by atoms with Crippen LogP contribution in [0.25, 0.3) is 11.3 Å². The van der Waals surface area contributed by atoms with E-state index in [0.717, 1.165) is 34.4 Å². The minimum absolute atomic E-state index is 0. The van der Waals surface area contributed by atoms with E-state index in [2.05, 4.69) is 34.4 Å². The fourth-order valence-corrected chi connectivity index (χ4v) is 3.00. The molecule has 0 saturated carbocycles. The molecule has 8 heteroatoms. The summed E-state index contributed by atoms with van der Waals surface area (Å²) < 4.78 is 7.38. The molecule has 0 fully saturated rings. The van der Waals surface area contributed by atoms with Gasteiger partial charge in [-0.05, 0) is 13.5 Å². The Hall–Kier alpha value is -1.83. The molecular weight excluding hydrogens is 346 g/mol.